The van der Waals surface area contributed by atoms with Gasteiger partial charge in [-0.25, -0.2) is 0 Å². The zero-order valence-corrected chi connectivity index (χ0v) is 20.5. The molecule has 0 radical (unpaired) electrons. The van der Waals surface area contributed by atoms with E-state index in [2.05, 4.69) is 6.07 Å². The second-order valence-corrected chi connectivity index (χ2v) is 9.77. The minimum absolute atomic E-state index is 0.0360. The van der Waals surface area contributed by atoms with Crippen LogP contribution in [-0.2, 0) is 17.9 Å². The van der Waals surface area contributed by atoms with Crippen molar-refractivity contribution in [1.82, 2.24) is 9.80 Å². The van der Waals surface area contributed by atoms with Gasteiger partial charge in [0.15, 0.2) is 0 Å². The molecule has 0 N–H and O–H groups in total. The summed E-state index contributed by atoms with van der Waals surface area (Å²) in [7, 11) is 1.57. The highest BCUT2D eigenvalue weighted by Gasteiger charge is 2.31. The van der Waals surface area contributed by atoms with Crippen molar-refractivity contribution in [3.8, 4) is 5.75 Å². The second kappa shape index (κ2) is 11.8. The lowest BCUT2D eigenvalue weighted by atomic mass is 9.93. The Hall–Kier alpha value is -3.12. The summed E-state index contributed by atoms with van der Waals surface area (Å²) in [6.07, 6.45) is 5.20. The summed E-state index contributed by atoms with van der Waals surface area (Å²) in [5, 5.41) is 2.03. The largest absolute Gasteiger partial charge is 0.496 e. The maximum Gasteiger partial charge on any atom is 0.258 e. The van der Waals surface area contributed by atoms with Gasteiger partial charge in [-0.3, -0.25) is 9.59 Å². The van der Waals surface area contributed by atoms with E-state index in [0.717, 1.165) is 36.1 Å². The Balaban J connectivity index is 1.59. The van der Waals surface area contributed by atoms with Gasteiger partial charge in [-0.15, -0.1) is 11.3 Å². The summed E-state index contributed by atoms with van der Waals surface area (Å²) in [4.78, 5) is 32.3. The molecular weight excluding hydrogens is 444 g/mol. The predicted octanol–water partition coefficient (Wildman–Crippen LogP) is 5.76. The van der Waals surface area contributed by atoms with Gasteiger partial charge >= 0.3 is 0 Å². The minimum atomic E-state index is -0.131. The van der Waals surface area contributed by atoms with E-state index in [0.29, 0.717) is 24.4 Å². The zero-order chi connectivity index (χ0) is 23.8. The van der Waals surface area contributed by atoms with Crippen LogP contribution < -0.4 is 4.74 Å². The van der Waals surface area contributed by atoms with E-state index in [4.69, 9.17) is 4.74 Å². The molecule has 2 amide bonds. The Kier molecular flexibility index (Phi) is 8.36. The first-order valence-electron chi connectivity index (χ1n) is 11.9. The molecule has 0 spiro atoms. The van der Waals surface area contributed by atoms with Crippen molar-refractivity contribution in [3.63, 3.8) is 0 Å². The standard InChI is InChI=1S/C28H32N2O3S/c1-33-26-17-9-8-16-25(26)28(32)30(23-13-6-3-7-14-23)21-27(31)29(20-24-15-10-18-34-24)19-22-11-4-2-5-12-22/h2,4-5,8-12,15-18,23H,3,6-7,13-14,19-21H2,1H3. The number of rotatable bonds is 9. The van der Waals surface area contributed by atoms with E-state index in [-0.39, 0.29) is 24.4 Å². The lowest BCUT2D eigenvalue weighted by molar-refractivity contribution is -0.133. The molecule has 4 rings (SSSR count). The van der Waals surface area contributed by atoms with E-state index >= 15 is 0 Å². The zero-order valence-electron chi connectivity index (χ0n) is 19.7. The van der Waals surface area contributed by atoms with Crippen LogP contribution in [0.25, 0.3) is 0 Å². The smallest absolute Gasteiger partial charge is 0.258 e. The molecule has 6 heteroatoms. The first-order chi connectivity index (χ1) is 16.7. The van der Waals surface area contributed by atoms with Gasteiger partial charge in [0.25, 0.3) is 5.91 Å². The van der Waals surface area contributed by atoms with E-state index in [1.165, 1.54) is 6.42 Å². The van der Waals surface area contributed by atoms with Crippen LogP contribution in [-0.4, -0.2) is 41.3 Å². The summed E-state index contributed by atoms with van der Waals surface area (Å²) < 4.78 is 5.46. The Morgan fingerprint density at radius 2 is 1.65 bits per heavy atom. The van der Waals surface area contributed by atoms with Crippen LogP contribution in [0.1, 0.15) is 52.9 Å². The van der Waals surface area contributed by atoms with E-state index in [9.17, 15) is 9.59 Å². The van der Waals surface area contributed by atoms with Gasteiger partial charge in [0.05, 0.1) is 19.2 Å². The molecule has 1 saturated carbocycles. The van der Waals surface area contributed by atoms with Crippen molar-refractivity contribution in [2.45, 2.75) is 51.2 Å². The fraction of sp³-hybridized carbons (Fsp3) is 0.357. The van der Waals surface area contributed by atoms with Crippen molar-refractivity contribution in [3.05, 3.63) is 88.1 Å². The lowest BCUT2D eigenvalue weighted by Crippen LogP contribution is -2.48. The number of para-hydroxylation sites is 1. The number of carbonyl (C=O) groups excluding carboxylic acids is 2. The number of methoxy groups -OCH3 is 1. The van der Waals surface area contributed by atoms with Crippen LogP contribution in [0.2, 0.25) is 0 Å². The number of hydrogen-bond donors (Lipinski definition) is 0. The minimum Gasteiger partial charge on any atom is -0.496 e. The van der Waals surface area contributed by atoms with Gasteiger partial charge < -0.3 is 14.5 Å². The topological polar surface area (TPSA) is 49.9 Å². The summed E-state index contributed by atoms with van der Waals surface area (Å²) in [6, 6.07) is 21.4. The van der Waals surface area contributed by atoms with Crippen molar-refractivity contribution in [2.75, 3.05) is 13.7 Å². The Morgan fingerprint density at radius 1 is 0.912 bits per heavy atom. The number of amides is 2. The van der Waals surface area contributed by atoms with Gasteiger partial charge in [0, 0.05) is 17.5 Å². The van der Waals surface area contributed by atoms with Crippen molar-refractivity contribution in [1.29, 1.82) is 0 Å². The first kappa shape index (κ1) is 24.0. The molecule has 1 aliphatic carbocycles. The van der Waals surface area contributed by atoms with Crippen molar-refractivity contribution < 1.29 is 14.3 Å². The third-order valence-corrected chi connectivity index (χ3v) is 7.28. The van der Waals surface area contributed by atoms with Crippen molar-refractivity contribution >= 4 is 23.2 Å². The third kappa shape index (κ3) is 6.06. The summed E-state index contributed by atoms with van der Waals surface area (Å²) in [5.41, 5.74) is 1.59. The molecule has 0 saturated heterocycles. The molecule has 178 valence electrons. The lowest BCUT2D eigenvalue weighted by Gasteiger charge is -2.35. The highest BCUT2D eigenvalue weighted by molar-refractivity contribution is 7.09. The average Bonchev–Trinajstić information content (AvgIpc) is 3.40. The number of carbonyl (C=O) groups is 2. The normalized spacial score (nSPS) is 13.9. The number of benzene rings is 2. The molecule has 0 atom stereocenters. The van der Waals surface area contributed by atoms with Crippen LogP contribution >= 0.6 is 11.3 Å². The fourth-order valence-electron chi connectivity index (χ4n) is 4.61. The first-order valence-corrected chi connectivity index (χ1v) is 12.8. The summed E-state index contributed by atoms with van der Waals surface area (Å²) in [5.74, 6) is 0.375. The summed E-state index contributed by atoms with van der Waals surface area (Å²) >= 11 is 1.64. The van der Waals surface area contributed by atoms with Crippen LogP contribution in [0.15, 0.2) is 72.1 Å². The summed E-state index contributed by atoms with van der Waals surface area (Å²) in [6.45, 7) is 1.12. The van der Waals surface area contributed by atoms with Gasteiger partial charge in [0.2, 0.25) is 5.91 Å². The SMILES string of the molecule is COc1ccccc1C(=O)N(CC(=O)N(Cc1ccccc1)Cc1cccs1)C1CCCCC1. The highest BCUT2D eigenvalue weighted by atomic mass is 32.1. The number of ether oxygens (including phenoxy) is 1. The van der Waals surface area contributed by atoms with Crippen LogP contribution in [0.3, 0.4) is 0 Å². The maximum absolute atomic E-state index is 13.7. The Bertz CT molecular complexity index is 1060. The van der Waals surface area contributed by atoms with Crippen LogP contribution in [0.4, 0.5) is 0 Å². The van der Waals surface area contributed by atoms with Gasteiger partial charge in [-0.1, -0.05) is 67.8 Å². The number of nitrogens with zero attached hydrogens (tertiary/aromatic N) is 2. The Labute approximate surface area is 206 Å². The monoisotopic (exact) mass is 476 g/mol. The van der Waals surface area contributed by atoms with Crippen LogP contribution in [0.5, 0.6) is 5.75 Å². The van der Waals surface area contributed by atoms with Gasteiger partial charge in [-0.2, -0.15) is 0 Å². The Morgan fingerprint density at radius 3 is 2.35 bits per heavy atom. The number of thiophene rings is 1. The van der Waals surface area contributed by atoms with E-state index < -0.39 is 0 Å². The van der Waals surface area contributed by atoms with E-state index in [1.54, 1.807) is 35.5 Å². The quantitative estimate of drug-likeness (QED) is 0.394. The van der Waals surface area contributed by atoms with E-state index in [1.807, 2.05) is 58.8 Å². The molecule has 1 heterocycles. The molecule has 1 aromatic heterocycles. The van der Waals surface area contributed by atoms with Gasteiger partial charge in [-0.05, 0) is 42.0 Å². The molecule has 2 aromatic carbocycles. The molecule has 1 fully saturated rings. The second-order valence-electron chi connectivity index (χ2n) is 8.74. The maximum atomic E-state index is 13.7. The molecular formula is C28H32N2O3S. The highest BCUT2D eigenvalue weighted by Crippen LogP contribution is 2.27. The third-order valence-electron chi connectivity index (χ3n) is 6.42. The molecule has 1 aliphatic rings. The number of hydrogen-bond acceptors (Lipinski definition) is 4. The molecule has 0 aliphatic heterocycles. The van der Waals surface area contributed by atoms with Crippen molar-refractivity contribution in [2.24, 2.45) is 0 Å². The average molecular weight is 477 g/mol. The molecule has 5 nitrogen and oxygen atoms in total. The molecule has 34 heavy (non-hydrogen) atoms. The molecule has 0 unspecified atom stereocenters. The fourth-order valence-corrected chi connectivity index (χ4v) is 5.33. The molecule has 0 bridgehead atoms. The predicted molar refractivity (Wildman–Crippen MR) is 136 cm³/mol. The van der Waals surface area contributed by atoms with Crippen LogP contribution in [0, 0.1) is 0 Å². The molecule has 3 aromatic rings. The van der Waals surface area contributed by atoms with Gasteiger partial charge in [0.1, 0.15) is 12.3 Å².